The molecule has 2 aromatic rings. The van der Waals surface area contributed by atoms with Gasteiger partial charge in [-0.15, -0.1) is 0 Å². The lowest BCUT2D eigenvalue weighted by atomic mass is 10.1. The largest absolute Gasteiger partial charge is 0.292 e. The van der Waals surface area contributed by atoms with E-state index in [4.69, 9.17) is 0 Å². The summed E-state index contributed by atoms with van der Waals surface area (Å²) in [6, 6.07) is 14.5. The number of hydrazone groups is 1. The van der Waals surface area contributed by atoms with Gasteiger partial charge in [-0.3, -0.25) is 25.7 Å². The summed E-state index contributed by atoms with van der Waals surface area (Å²) < 4.78 is 0. The number of hydrogen-bond acceptors (Lipinski definition) is 6. The Hall–Kier alpha value is -3.55. The van der Waals surface area contributed by atoms with Gasteiger partial charge < -0.3 is 0 Å². The standard InChI is InChI=1S/C16H14N4O4/c1-12(16(20(23)24)11-13-5-3-2-4-6-13)17-18-14-7-9-15(10-8-14)19(21)22/h2-11,18H,1H3/b16-11+,17-12+. The van der Waals surface area contributed by atoms with E-state index in [0.29, 0.717) is 11.3 Å². The molecule has 0 aliphatic heterocycles. The van der Waals surface area contributed by atoms with Crippen LogP contribution in [0.5, 0.6) is 0 Å². The molecule has 1 N–H and O–H groups in total. The fourth-order valence-electron chi connectivity index (χ4n) is 1.86. The number of nitrogens with zero attached hydrogens (tertiary/aromatic N) is 3. The van der Waals surface area contributed by atoms with Crippen molar-refractivity contribution in [3.05, 3.63) is 86.1 Å². The van der Waals surface area contributed by atoms with Gasteiger partial charge in [0.25, 0.3) is 11.4 Å². The van der Waals surface area contributed by atoms with Crippen molar-refractivity contribution in [1.29, 1.82) is 0 Å². The fraction of sp³-hybridized carbons (Fsp3) is 0.0625. The molecule has 0 radical (unpaired) electrons. The van der Waals surface area contributed by atoms with Crippen molar-refractivity contribution in [1.82, 2.24) is 0 Å². The minimum absolute atomic E-state index is 0.0452. The Balaban J connectivity index is 2.19. The predicted octanol–water partition coefficient (Wildman–Crippen LogP) is 3.70. The van der Waals surface area contributed by atoms with E-state index in [2.05, 4.69) is 10.5 Å². The third kappa shape index (κ3) is 4.47. The molecule has 8 nitrogen and oxygen atoms in total. The number of allylic oxidation sites excluding steroid dienone is 1. The van der Waals surface area contributed by atoms with Crippen LogP contribution in [0.2, 0.25) is 0 Å². The molecule has 0 aromatic heterocycles. The van der Waals surface area contributed by atoms with Crippen LogP contribution in [-0.2, 0) is 0 Å². The smallest absolute Gasteiger partial charge is 0.278 e. The number of nitro groups is 2. The van der Waals surface area contributed by atoms with Gasteiger partial charge in [0.15, 0.2) is 0 Å². The van der Waals surface area contributed by atoms with Gasteiger partial charge in [-0.2, -0.15) is 5.10 Å². The molecule has 0 atom stereocenters. The van der Waals surface area contributed by atoms with Crippen LogP contribution in [0.4, 0.5) is 11.4 Å². The highest BCUT2D eigenvalue weighted by molar-refractivity contribution is 6.00. The van der Waals surface area contributed by atoms with Crippen LogP contribution < -0.4 is 5.43 Å². The zero-order chi connectivity index (χ0) is 17.5. The van der Waals surface area contributed by atoms with Gasteiger partial charge in [0.05, 0.1) is 15.5 Å². The number of anilines is 1. The van der Waals surface area contributed by atoms with Crippen molar-refractivity contribution in [3.63, 3.8) is 0 Å². The van der Waals surface area contributed by atoms with E-state index < -0.39 is 9.85 Å². The van der Waals surface area contributed by atoms with E-state index in [9.17, 15) is 20.2 Å². The Morgan fingerprint density at radius 2 is 1.67 bits per heavy atom. The summed E-state index contributed by atoms with van der Waals surface area (Å²) in [6.07, 6.45) is 1.43. The van der Waals surface area contributed by atoms with E-state index in [1.807, 2.05) is 6.07 Å². The Morgan fingerprint density at radius 1 is 1.04 bits per heavy atom. The van der Waals surface area contributed by atoms with Crippen LogP contribution in [0.15, 0.2) is 65.4 Å². The summed E-state index contributed by atoms with van der Waals surface area (Å²) in [5.74, 6) is 0. The molecule has 2 aromatic carbocycles. The molecule has 0 aliphatic rings. The van der Waals surface area contributed by atoms with Crippen LogP contribution in [0.25, 0.3) is 6.08 Å². The first-order chi connectivity index (χ1) is 11.5. The van der Waals surface area contributed by atoms with Crippen LogP contribution >= 0.6 is 0 Å². The Morgan fingerprint density at radius 3 is 2.21 bits per heavy atom. The highest BCUT2D eigenvalue weighted by Crippen LogP contribution is 2.16. The minimum Gasteiger partial charge on any atom is -0.278 e. The van der Waals surface area contributed by atoms with E-state index >= 15 is 0 Å². The van der Waals surface area contributed by atoms with Crippen LogP contribution in [0.3, 0.4) is 0 Å². The quantitative estimate of drug-likeness (QED) is 0.494. The van der Waals surface area contributed by atoms with Crippen molar-refractivity contribution in [2.45, 2.75) is 6.92 Å². The monoisotopic (exact) mass is 326 g/mol. The molecule has 0 fully saturated rings. The van der Waals surface area contributed by atoms with Crippen molar-refractivity contribution in [2.24, 2.45) is 5.10 Å². The van der Waals surface area contributed by atoms with Gasteiger partial charge in [0, 0.05) is 18.2 Å². The molecule has 0 spiro atoms. The number of nitrogens with one attached hydrogen (secondary N) is 1. The number of benzene rings is 2. The Labute approximate surface area is 137 Å². The third-order valence-electron chi connectivity index (χ3n) is 3.10. The molecule has 8 heteroatoms. The van der Waals surface area contributed by atoms with Gasteiger partial charge in [0.2, 0.25) is 0 Å². The first-order valence-electron chi connectivity index (χ1n) is 6.93. The average Bonchev–Trinajstić information content (AvgIpc) is 2.58. The van der Waals surface area contributed by atoms with E-state index in [1.54, 1.807) is 24.3 Å². The van der Waals surface area contributed by atoms with Crippen LogP contribution in [-0.4, -0.2) is 15.6 Å². The van der Waals surface area contributed by atoms with E-state index in [1.165, 1.54) is 37.3 Å². The molecule has 2 rings (SSSR count). The summed E-state index contributed by atoms with van der Waals surface area (Å²) >= 11 is 0. The van der Waals surface area contributed by atoms with Gasteiger partial charge in [-0.25, -0.2) is 0 Å². The predicted molar refractivity (Wildman–Crippen MR) is 91.2 cm³/mol. The molecule has 0 heterocycles. The molecular weight excluding hydrogens is 312 g/mol. The molecule has 0 unspecified atom stereocenters. The van der Waals surface area contributed by atoms with Crippen molar-refractivity contribution < 1.29 is 9.85 Å². The first kappa shape index (κ1) is 16.8. The van der Waals surface area contributed by atoms with E-state index in [0.717, 1.165) is 0 Å². The fourth-order valence-corrected chi connectivity index (χ4v) is 1.86. The molecule has 0 saturated carbocycles. The second kappa shape index (κ2) is 7.63. The first-order valence-corrected chi connectivity index (χ1v) is 6.93. The second-order valence-electron chi connectivity index (χ2n) is 4.81. The van der Waals surface area contributed by atoms with Gasteiger partial charge in [-0.05, 0) is 24.6 Å². The normalized spacial score (nSPS) is 11.9. The van der Waals surface area contributed by atoms with Crippen LogP contribution in [0.1, 0.15) is 12.5 Å². The SMILES string of the molecule is CC(=N\Nc1ccc([N+](=O)[O-])cc1)/C(=C\c1ccccc1)[N+](=O)[O-]. The maximum absolute atomic E-state index is 11.2. The maximum atomic E-state index is 11.2. The molecule has 0 bridgehead atoms. The summed E-state index contributed by atoms with van der Waals surface area (Å²) in [4.78, 5) is 20.8. The second-order valence-corrected chi connectivity index (χ2v) is 4.81. The Bertz CT molecular complexity index is 799. The number of nitro benzene ring substituents is 1. The molecule has 0 amide bonds. The Kier molecular flexibility index (Phi) is 5.35. The summed E-state index contributed by atoms with van der Waals surface area (Å²) in [5, 5.41) is 25.8. The zero-order valence-corrected chi connectivity index (χ0v) is 12.7. The molecule has 24 heavy (non-hydrogen) atoms. The molecule has 122 valence electrons. The topological polar surface area (TPSA) is 111 Å². The maximum Gasteiger partial charge on any atom is 0.292 e. The lowest BCUT2D eigenvalue weighted by Gasteiger charge is -2.02. The molecule has 0 saturated heterocycles. The lowest BCUT2D eigenvalue weighted by molar-refractivity contribution is -0.413. The van der Waals surface area contributed by atoms with Crippen molar-refractivity contribution >= 4 is 23.2 Å². The molecular formula is C16H14N4O4. The zero-order valence-electron chi connectivity index (χ0n) is 12.7. The van der Waals surface area contributed by atoms with Gasteiger partial charge in [-0.1, -0.05) is 30.3 Å². The van der Waals surface area contributed by atoms with Crippen molar-refractivity contribution in [3.8, 4) is 0 Å². The van der Waals surface area contributed by atoms with Crippen LogP contribution in [0, 0.1) is 20.2 Å². The number of rotatable bonds is 6. The van der Waals surface area contributed by atoms with E-state index in [-0.39, 0.29) is 17.1 Å². The summed E-state index contributed by atoms with van der Waals surface area (Å²) in [6.45, 7) is 1.51. The highest BCUT2D eigenvalue weighted by Gasteiger charge is 2.15. The lowest BCUT2D eigenvalue weighted by Crippen LogP contribution is -2.10. The minimum atomic E-state index is -0.511. The number of hydrogen-bond donors (Lipinski definition) is 1. The van der Waals surface area contributed by atoms with Gasteiger partial charge in [0.1, 0.15) is 5.71 Å². The summed E-state index contributed by atoms with van der Waals surface area (Å²) in [5.41, 5.74) is 3.82. The third-order valence-corrected chi connectivity index (χ3v) is 3.10. The average molecular weight is 326 g/mol. The molecule has 0 aliphatic carbocycles. The summed E-state index contributed by atoms with van der Waals surface area (Å²) in [7, 11) is 0. The highest BCUT2D eigenvalue weighted by atomic mass is 16.6. The van der Waals surface area contributed by atoms with Crippen molar-refractivity contribution in [2.75, 3.05) is 5.43 Å². The number of non-ortho nitro benzene ring substituents is 1. The van der Waals surface area contributed by atoms with Gasteiger partial charge >= 0.3 is 0 Å².